The Labute approximate surface area is 234 Å². The molecule has 4 aromatic rings. The van der Waals surface area contributed by atoms with Gasteiger partial charge in [0.1, 0.15) is 5.75 Å². The van der Waals surface area contributed by atoms with Crippen LogP contribution in [0, 0.1) is 13.8 Å². The first-order chi connectivity index (χ1) is 17.7. The van der Waals surface area contributed by atoms with Crippen molar-refractivity contribution in [1.82, 2.24) is 9.97 Å². The highest BCUT2D eigenvalue weighted by atomic mass is 79.9. The minimum Gasteiger partial charge on any atom is -0.426 e. The fraction of sp³-hybridized carbons (Fsp3) is 0.100. The minimum absolute atomic E-state index is 0.0574. The van der Waals surface area contributed by atoms with Crippen molar-refractivity contribution in [3.63, 3.8) is 0 Å². The van der Waals surface area contributed by atoms with Crippen molar-refractivity contribution >= 4 is 69.4 Å². The van der Waals surface area contributed by atoms with Crippen LogP contribution in [0.3, 0.4) is 0 Å². The van der Waals surface area contributed by atoms with Gasteiger partial charge in [-0.05, 0) is 97.8 Å². The van der Waals surface area contributed by atoms with Gasteiger partial charge in [-0.25, -0.2) is 0 Å². The molecule has 0 aliphatic rings. The van der Waals surface area contributed by atoms with Crippen LogP contribution in [0.2, 0.25) is 10.0 Å². The van der Waals surface area contributed by atoms with E-state index in [1.165, 1.54) is 0 Å². The van der Waals surface area contributed by atoms with E-state index in [0.29, 0.717) is 21.5 Å². The summed E-state index contributed by atoms with van der Waals surface area (Å²) < 4.78 is 6.65. The van der Waals surface area contributed by atoms with Crippen molar-refractivity contribution in [1.29, 1.82) is 0 Å². The molecule has 4 nitrogen and oxygen atoms in total. The van der Waals surface area contributed by atoms with Crippen LogP contribution in [0.25, 0.3) is 24.3 Å². The van der Waals surface area contributed by atoms with Crippen molar-refractivity contribution in [2.24, 2.45) is 0 Å². The van der Waals surface area contributed by atoms with E-state index in [0.717, 1.165) is 38.2 Å². The number of hydrogen-bond acceptors (Lipinski definition) is 4. The predicted molar refractivity (Wildman–Crippen MR) is 156 cm³/mol. The Morgan fingerprint density at radius 3 is 2.38 bits per heavy atom. The first-order valence-electron chi connectivity index (χ1n) is 11.5. The molecule has 0 bridgehead atoms. The normalized spacial score (nSPS) is 11.4. The van der Waals surface area contributed by atoms with E-state index in [1.807, 2.05) is 92.7 Å². The summed E-state index contributed by atoms with van der Waals surface area (Å²) in [4.78, 5) is 22.1. The average molecular weight is 594 g/mol. The molecule has 0 radical (unpaired) electrons. The summed E-state index contributed by atoms with van der Waals surface area (Å²) in [6.07, 6.45) is 7.54. The summed E-state index contributed by atoms with van der Waals surface area (Å²) in [5.41, 5.74) is 5.60. The molecule has 0 aliphatic heterocycles. The summed E-state index contributed by atoms with van der Waals surface area (Å²) in [6, 6.07) is 20.4. The number of ether oxygens (including phenoxy) is 1. The zero-order chi connectivity index (χ0) is 26.4. The van der Waals surface area contributed by atoms with Gasteiger partial charge in [0.15, 0.2) is 0 Å². The smallest absolute Gasteiger partial charge is 0.315 e. The third-order valence-corrected chi connectivity index (χ3v) is 6.27. The molecule has 0 fully saturated rings. The number of carbonyl (C=O) groups is 1. The number of pyridine rings is 2. The fourth-order valence-corrected chi connectivity index (χ4v) is 4.56. The largest absolute Gasteiger partial charge is 0.426 e. The number of rotatable bonds is 7. The van der Waals surface area contributed by atoms with Crippen LogP contribution in [-0.4, -0.2) is 15.9 Å². The Morgan fingerprint density at radius 1 is 0.865 bits per heavy atom. The van der Waals surface area contributed by atoms with Gasteiger partial charge in [-0.2, -0.15) is 0 Å². The molecule has 186 valence electrons. The van der Waals surface area contributed by atoms with Gasteiger partial charge in [-0.1, -0.05) is 57.3 Å². The summed E-state index contributed by atoms with van der Waals surface area (Å²) in [5.74, 6) is 0.0691. The Hall–Kier alpha value is -3.25. The molecule has 0 saturated heterocycles. The second-order valence-corrected chi connectivity index (χ2v) is 10.2. The van der Waals surface area contributed by atoms with Gasteiger partial charge in [0.05, 0.1) is 17.8 Å². The lowest BCUT2D eigenvalue weighted by Gasteiger charge is -2.10. The van der Waals surface area contributed by atoms with E-state index < -0.39 is 5.97 Å². The monoisotopic (exact) mass is 592 g/mol. The maximum absolute atomic E-state index is 13.0. The third-order valence-electron chi connectivity index (χ3n) is 5.34. The van der Waals surface area contributed by atoms with Gasteiger partial charge in [-0.3, -0.25) is 14.8 Å². The number of hydrogen-bond donors (Lipinski definition) is 0. The highest BCUT2D eigenvalue weighted by molar-refractivity contribution is 9.10. The Balaban J connectivity index is 1.54. The highest BCUT2D eigenvalue weighted by Crippen LogP contribution is 2.26. The number of aryl methyl sites for hydroxylation is 2. The lowest BCUT2D eigenvalue weighted by atomic mass is 10.1. The van der Waals surface area contributed by atoms with Crippen LogP contribution in [0.1, 0.15) is 39.5 Å². The highest BCUT2D eigenvalue weighted by Gasteiger charge is 2.13. The molecule has 2 heterocycles. The van der Waals surface area contributed by atoms with Crippen LogP contribution >= 0.6 is 39.1 Å². The number of aromatic nitrogens is 2. The molecule has 0 atom stereocenters. The zero-order valence-electron chi connectivity index (χ0n) is 20.2. The first kappa shape index (κ1) is 26.8. The Bertz CT molecular complexity index is 1500. The predicted octanol–water partition coefficient (Wildman–Crippen LogP) is 8.65. The molecule has 37 heavy (non-hydrogen) atoms. The van der Waals surface area contributed by atoms with Crippen LogP contribution in [0.4, 0.5) is 0 Å². The topological polar surface area (TPSA) is 52.1 Å². The molecular formula is C30H23BrCl2N2O2. The van der Waals surface area contributed by atoms with Crippen LogP contribution in [0.5, 0.6) is 5.75 Å². The molecule has 0 N–H and O–H groups in total. The molecule has 7 heteroatoms. The van der Waals surface area contributed by atoms with Crippen LogP contribution in [-0.2, 0) is 11.2 Å². The molecule has 0 spiro atoms. The van der Waals surface area contributed by atoms with Crippen molar-refractivity contribution in [2.45, 2.75) is 20.3 Å². The molecule has 0 amide bonds. The summed E-state index contributed by atoms with van der Waals surface area (Å²) in [6.45, 7) is 3.84. The van der Waals surface area contributed by atoms with E-state index in [2.05, 4.69) is 25.9 Å². The first-order valence-corrected chi connectivity index (χ1v) is 13.0. The average Bonchev–Trinajstić information content (AvgIpc) is 2.84. The number of benzene rings is 2. The quantitative estimate of drug-likeness (QED) is 0.159. The van der Waals surface area contributed by atoms with Crippen LogP contribution < -0.4 is 4.74 Å². The fourth-order valence-electron chi connectivity index (χ4n) is 3.63. The second kappa shape index (κ2) is 12.3. The summed E-state index contributed by atoms with van der Waals surface area (Å²) >= 11 is 15.7. The van der Waals surface area contributed by atoms with Crippen molar-refractivity contribution in [2.75, 3.05) is 0 Å². The summed E-state index contributed by atoms with van der Waals surface area (Å²) in [5, 5.41) is 1.09. The van der Waals surface area contributed by atoms with Gasteiger partial charge < -0.3 is 4.74 Å². The van der Waals surface area contributed by atoms with Gasteiger partial charge >= 0.3 is 5.97 Å². The van der Waals surface area contributed by atoms with E-state index >= 15 is 0 Å². The van der Waals surface area contributed by atoms with Gasteiger partial charge in [-0.15, -0.1) is 0 Å². The molecule has 0 saturated carbocycles. The lowest BCUT2D eigenvalue weighted by Crippen LogP contribution is -2.13. The van der Waals surface area contributed by atoms with E-state index in [4.69, 9.17) is 27.9 Å². The molecule has 0 unspecified atom stereocenters. The number of nitrogens with zero attached hydrogens (tertiary/aromatic N) is 2. The van der Waals surface area contributed by atoms with E-state index in [9.17, 15) is 4.79 Å². The molecule has 2 aromatic carbocycles. The van der Waals surface area contributed by atoms with Crippen LogP contribution in [0.15, 0.2) is 71.2 Å². The lowest BCUT2D eigenvalue weighted by molar-refractivity contribution is -0.133. The molecular weight excluding hydrogens is 571 g/mol. The van der Waals surface area contributed by atoms with Gasteiger partial charge in [0.25, 0.3) is 0 Å². The maximum atomic E-state index is 13.0. The summed E-state index contributed by atoms with van der Waals surface area (Å²) in [7, 11) is 0. The maximum Gasteiger partial charge on any atom is 0.315 e. The third kappa shape index (κ3) is 7.86. The second-order valence-electron chi connectivity index (χ2n) is 8.40. The molecule has 0 aliphatic carbocycles. The van der Waals surface area contributed by atoms with E-state index in [-0.39, 0.29) is 6.42 Å². The van der Waals surface area contributed by atoms with Crippen molar-refractivity contribution in [3.8, 4) is 5.75 Å². The number of esters is 1. The van der Waals surface area contributed by atoms with Gasteiger partial charge in [0, 0.05) is 31.5 Å². The van der Waals surface area contributed by atoms with Gasteiger partial charge in [0.2, 0.25) is 0 Å². The Morgan fingerprint density at radius 2 is 1.62 bits per heavy atom. The number of carbonyl (C=O) groups excluding carboxylic acids is 1. The zero-order valence-corrected chi connectivity index (χ0v) is 23.3. The standard InChI is InChI=1S/C30H23BrCl2N2O2/c1-19-4-3-5-27(34-19)11-9-23-16-24(31)10-13-29(23)37-30(36)17-22-8-6-20(2)35-28(22)12-7-21-14-25(32)18-26(33)15-21/h3-16,18H,17H2,1-2H3. The van der Waals surface area contributed by atoms with E-state index in [1.54, 1.807) is 12.1 Å². The SMILES string of the molecule is Cc1cccc(C=Cc2cc(Br)ccc2OC(=O)Cc2ccc(C)nc2C=Cc2cc(Cl)cc(Cl)c2)n1. The molecule has 4 rings (SSSR count). The number of halogens is 3. The molecule has 2 aromatic heterocycles. The minimum atomic E-state index is -0.392. The van der Waals surface area contributed by atoms with Crippen molar-refractivity contribution in [3.05, 3.63) is 121 Å². The van der Waals surface area contributed by atoms with Crippen molar-refractivity contribution < 1.29 is 9.53 Å². The Kier molecular flexibility index (Phi) is 8.93.